The molecule has 2 aromatic rings. The van der Waals surface area contributed by atoms with Crippen LogP contribution in [0.5, 0.6) is 11.5 Å². The fraction of sp³-hybridized carbons (Fsp3) is 0.250. The van der Waals surface area contributed by atoms with Crippen LogP contribution in [0.1, 0.15) is 11.6 Å². The first-order valence-electron chi connectivity index (χ1n) is 6.62. The second kappa shape index (κ2) is 6.08. The van der Waals surface area contributed by atoms with E-state index in [9.17, 15) is 0 Å². The van der Waals surface area contributed by atoms with E-state index in [4.69, 9.17) is 21.1 Å². The molecule has 21 heavy (non-hydrogen) atoms. The number of methoxy groups -OCH3 is 2. The third-order valence-corrected chi connectivity index (χ3v) is 4.98. The van der Waals surface area contributed by atoms with Crippen molar-refractivity contribution in [3.63, 3.8) is 0 Å². The molecule has 0 radical (unpaired) electrons. The molecule has 1 aliphatic heterocycles. The minimum absolute atomic E-state index is 0.256. The Hall–Kier alpha value is -1.52. The Morgan fingerprint density at radius 1 is 1.14 bits per heavy atom. The quantitative estimate of drug-likeness (QED) is 0.890. The van der Waals surface area contributed by atoms with E-state index in [0.29, 0.717) is 10.8 Å². The first-order chi connectivity index (χ1) is 10.2. The lowest BCUT2D eigenvalue weighted by Gasteiger charge is -2.18. The average molecular weight is 322 g/mol. The fourth-order valence-electron chi connectivity index (χ4n) is 2.44. The van der Waals surface area contributed by atoms with Crippen LogP contribution in [-0.4, -0.2) is 20.0 Å². The summed E-state index contributed by atoms with van der Waals surface area (Å²) in [6, 6.07) is 12.4. The number of hydrogen-bond acceptors (Lipinski definition) is 4. The molecule has 3 nitrogen and oxygen atoms in total. The number of hydrogen-bond donors (Lipinski definition) is 1. The molecule has 1 atom stereocenters. The molecule has 5 heteroatoms. The topological polar surface area (TPSA) is 30.5 Å². The SMILES string of the molecule is COc1cc(NC2CSc3ccccc32)c(OC)cc1Cl. The number of thioether (sulfide) groups is 1. The van der Waals surface area contributed by atoms with Crippen molar-refractivity contribution < 1.29 is 9.47 Å². The Kier molecular flexibility index (Phi) is 4.17. The summed E-state index contributed by atoms with van der Waals surface area (Å²) >= 11 is 8.00. The first kappa shape index (κ1) is 14.4. The van der Waals surface area contributed by atoms with Gasteiger partial charge in [-0.2, -0.15) is 0 Å². The molecule has 2 aromatic carbocycles. The summed E-state index contributed by atoms with van der Waals surface area (Å²) in [4.78, 5) is 1.33. The maximum absolute atomic E-state index is 6.14. The maximum Gasteiger partial charge on any atom is 0.143 e. The number of halogens is 1. The molecule has 110 valence electrons. The van der Waals surface area contributed by atoms with Crippen LogP contribution in [0.15, 0.2) is 41.3 Å². The van der Waals surface area contributed by atoms with Gasteiger partial charge < -0.3 is 14.8 Å². The summed E-state index contributed by atoms with van der Waals surface area (Å²) in [6.07, 6.45) is 0. The molecule has 0 bridgehead atoms. The van der Waals surface area contributed by atoms with Gasteiger partial charge in [-0.15, -0.1) is 11.8 Å². The molecule has 0 spiro atoms. The highest BCUT2D eigenvalue weighted by molar-refractivity contribution is 7.99. The van der Waals surface area contributed by atoms with Crippen LogP contribution in [0.25, 0.3) is 0 Å². The minimum atomic E-state index is 0.256. The zero-order valence-electron chi connectivity index (χ0n) is 11.9. The molecule has 0 amide bonds. The lowest BCUT2D eigenvalue weighted by atomic mass is 10.1. The van der Waals surface area contributed by atoms with E-state index in [0.717, 1.165) is 17.2 Å². The largest absolute Gasteiger partial charge is 0.495 e. The van der Waals surface area contributed by atoms with Crippen molar-refractivity contribution in [3.8, 4) is 11.5 Å². The van der Waals surface area contributed by atoms with Gasteiger partial charge in [0.15, 0.2) is 0 Å². The van der Waals surface area contributed by atoms with E-state index in [1.165, 1.54) is 10.5 Å². The Bertz CT molecular complexity index is 663. The summed E-state index contributed by atoms with van der Waals surface area (Å²) < 4.78 is 10.7. The van der Waals surface area contributed by atoms with Gasteiger partial charge in [0, 0.05) is 22.8 Å². The highest BCUT2D eigenvalue weighted by atomic mass is 35.5. The molecule has 0 aromatic heterocycles. The molecule has 1 heterocycles. The third-order valence-electron chi connectivity index (χ3n) is 3.50. The highest BCUT2D eigenvalue weighted by Gasteiger charge is 2.23. The molecular formula is C16H16ClNO2S. The van der Waals surface area contributed by atoms with Crippen LogP contribution in [0.3, 0.4) is 0 Å². The van der Waals surface area contributed by atoms with Crippen molar-refractivity contribution in [2.24, 2.45) is 0 Å². The van der Waals surface area contributed by atoms with Crippen molar-refractivity contribution in [1.82, 2.24) is 0 Å². The van der Waals surface area contributed by atoms with Crippen LogP contribution in [0.2, 0.25) is 5.02 Å². The Labute approximate surface area is 133 Å². The van der Waals surface area contributed by atoms with Gasteiger partial charge in [-0.25, -0.2) is 0 Å². The molecule has 1 unspecified atom stereocenters. The van der Waals surface area contributed by atoms with Gasteiger partial charge in [-0.3, -0.25) is 0 Å². The lowest BCUT2D eigenvalue weighted by Crippen LogP contribution is -2.10. The monoisotopic (exact) mass is 321 g/mol. The number of fused-ring (bicyclic) bond motifs is 1. The summed E-state index contributed by atoms with van der Waals surface area (Å²) in [6.45, 7) is 0. The molecule has 0 fully saturated rings. The minimum Gasteiger partial charge on any atom is -0.495 e. The zero-order valence-corrected chi connectivity index (χ0v) is 13.4. The van der Waals surface area contributed by atoms with Crippen LogP contribution in [0, 0.1) is 0 Å². The van der Waals surface area contributed by atoms with Crippen molar-refractivity contribution in [3.05, 3.63) is 47.0 Å². The van der Waals surface area contributed by atoms with E-state index < -0.39 is 0 Å². The van der Waals surface area contributed by atoms with E-state index in [-0.39, 0.29) is 6.04 Å². The van der Waals surface area contributed by atoms with Gasteiger partial charge in [0.2, 0.25) is 0 Å². The van der Waals surface area contributed by atoms with Gasteiger partial charge in [0.25, 0.3) is 0 Å². The van der Waals surface area contributed by atoms with E-state index in [1.54, 1.807) is 20.3 Å². The highest BCUT2D eigenvalue weighted by Crippen LogP contribution is 2.42. The first-order valence-corrected chi connectivity index (χ1v) is 7.99. The predicted octanol–water partition coefficient (Wildman–Crippen LogP) is 4.62. The standard InChI is InChI=1S/C16H16ClNO2S/c1-19-14-8-12(15(20-2)7-11(14)17)18-13-9-21-16-6-4-3-5-10(13)16/h3-8,13,18H,9H2,1-2H3. The van der Waals surface area contributed by atoms with Gasteiger partial charge >= 0.3 is 0 Å². The van der Waals surface area contributed by atoms with E-state index >= 15 is 0 Å². The van der Waals surface area contributed by atoms with Crippen molar-refractivity contribution in [2.45, 2.75) is 10.9 Å². The third kappa shape index (κ3) is 2.78. The Morgan fingerprint density at radius 2 is 1.90 bits per heavy atom. The van der Waals surface area contributed by atoms with Gasteiger partial charge in [-0.05, 0) is 11.6 Å². The zero-order chi connectivity index (χ0) is 14.8. The van der Waals surface area contributed by atoms with Crippen LogP contribution in [0.4, 0.5) is 5.69 Å². The van der Waals surface area contributed by atoms with Crippen molar-refractivity contribution >= 4 is 29.1 Å². The lowest BCUT2D eigenvalue weighted by molar-refractivity contribution is 0.404. The molecule has 1 aliphatic rings. The van der Waals surface area contributed by atoms with Crippen LogP contribution < -0.4 is 14.8 Å². The number of rotatable bonds is 4. The molecule has 0 saturated carbocycles. The second-order valence-corrected chi connectivity index (χ2v) is 6.20. The maximum atomic E-state index is 6.14. The predicted molar refractivity (Wildman–Crippen MR) is 88.1 cm³/mol. The van der Waals surface area contributed by atoms with Crippen molar-refractivity contribution in [2.75, 3.05) is 25.3 Å². The number of benzene rings is 2. The summed E-state index contributed by atoms with van der Waals surface area (Å²) in [5.74, 6) is 2.35. The average Bonchev–Trinajstić information content (AvgIpc) is 2.92. The van der Waals surface area contributed by atoms with Gasteiger partial charge in [0.1, 0.15) is 11.5 Å². The molecule has 1 N–H and O–H groups in total. The smallest absolute Gasteiger partial charge is 0.143 e. The number of anilines is 1. The molecule has 0 aliphatic carbocycles. The summed E-state index contributed by atoms with van der Waals surface area (Å²) in [5, 5.41) is 4.08. The Morgan fingerprint density at radius 3 is 2.67 bits per heavy atom. The normalized spacial score (nSPS) is 16.4. The fourth-order valence-corrected chi connectivity index (χ4v) is 3.83. The number of ether oxygens (including phenoxy) is 2. The summed E-state index contributed by atoms with van der Waals surface area (Å²) in [5.41, 5.74) is 2.21. The Balaban J connectivity index is 1.92. The summed E-state index contributed by atoms with van der Waals surface area (Å²) in [7, 11) is 3.25. The van der Waals surface area contributed by atoms with Crippen LogP contribution in [-0.2, 0) is 0 Å². The van der Waals surface area contributed by atoms with Crippen molar-refractivity contribution in [1.29, 1.82) is 0 Å². The molecule has 0 saturated heterocycles. The molecular weight excluding hydrogens is 306 g/mol. The van der Waals surface area contributed by atoms with Crippen LogP contribution >= 0.6 is 23.4 Å². The van der Waals surface area contributed by atoms with E-state index in [1.807, 2.05) is 17.8 Å². The second-order valence-electron chi connectivity index (χ2n) is 4.73. The van der Waals surface area contributed by atoms with Gasteiger partial charge in [0.05, 0.1) is 31.0 Å². The van der Waals surface area contributed by atoms with E-state index in [2.05, 4.69) is 29.6 Å². The van der Waals surface area contributed by atoms with Gasteiger partial charge in [-0.1, -0.05) is 29.8 Å². The number of nitrogens with one attached hydrogen (secondary N) is 1. The molecule has 3 rings (SSSR count).